The van der Waals surface area contributed by atoms with Crippen molar-refractivity contribution in [3.8, 4) is 11.1 Å². The maximum absolute atomic E-state index is 2.34. The van der Waals surface area contributed by atoms with Crippen molar-refractivity contribution in [2.24, 2.45) is 0 Å². The number of hydrogen-bond acceptors (Lipinski definition) is 0. The molecule has 0 unspecified atom stereocenters. The quantitative estimate of drug-likeness (QED) is 0.679. The third-order valence-corrected chi connectivity index (χ3v) is 4.00. The minimum Gasteiger partial charge on any atom is -0.0870 e. The Labute approximate surface area is 115 Å². The van der Waals surface area contributed by atoms with Crippen LogP contribution in [-0.4, -0.2) is 0 Å². The van der Waals surface area contributed by atoms with Gasteiger partial charge in [0.05, 0.1) is 0 Å². The minimum atomic E-state index is 1.23. The molecule has 1 aliphatic carbocycles. The molecule has 0 radical (unpaired) electrons. The lowest BCUT2D eigenvalue weighted by molar-refractivity contribution is 0.685. The van der Waals surface area contributed by atoms with Crippen molar-refractivity contribution in [2.45, 2.75) is 32.6 Å². The summed E-state index contributed by atoms with van der Waals surface area (Å²) in [5.74, 6) is 0. The summed E-state index contributed by atoms with van der Waals surface area (Å²) < 4.78 is 0. The standard InChI is InChI=1S/C19H20/c1-2-8-19-17-12-7-6-11-16(17)13-14-18(19)15-9-4-3-5-10-15/h2-5,8-10,13-14H,6-7,11-12H2,1H3. The Hall–Kier alpha value is -1.82. The normalized spacial score (nSPS) is 14.6. The molecule has 19 heavy (non-hydrogen) atoms. The summed E-state index contributed by atoms with van der Waals surface area (Å²) in [6.45, 7) is 2.11. The van der Waals surface area contributed by atoms with E-state index in [-0.39, 0.29) is 0 Å². The highest BCUT2D eigenvalue weighted by Crippen LogP contribution is 2.33. The van der Waals surface area contributed by atoms with Crippen LogP contribution in [0.4, 0.5) is 0 Å². The van der Waals surface area contributed by atoms with E-state index >= 15 is 0 Å². The molecule has 1 aliphatic rings. The van der Waals surface area contributed by atoms with Crippen LogP contribution in [0, 0.1) is 0 Å². The van der Waals surface area contributed by atoms with Gasteiger partial charge >= 0.3 is 0 Å². The SMILES string of the molecule is CC=Cc1c(-c2ccccc2)ccc2c1CCCC2. The number of rotatable bonds is 2. The van der Waals surface area contributed by atoms with Gasteiger partial charge in [0.2, 0.25) is 0 Å². The topological polar surface area (TPSA) is 0 Å². The lowest BCUT2D eigenvalue weighted by Crippen LogP contribution is -2.05. The third kappa shape index (κ3) is 2.35. The van der Waals surface area contributed by atoms with Gasteiger partial charge in [0.25, 0.3) is 0 Å². The molecule has 0 fully saturated rings. The van der Waals surface area contributed by atoms with Crippen molar-refractivity contribution in [1.29, 1.82) is 0 Å². The van der Waals surface area contributed by atoms with Crippen LogP contribution in [0.1, 0.15) is 36.5 Å². The lowest BCUT2D eigenvalue weighted by atomic mass is 9.84. The zero-order valence-corrected chi connectivity index (χ0v) is 11.5. The molecule has 0 heterocycles. The zero-order valence-electron chi connectivity index (χ0n) is 11.5. The molecule has 0 heteroatoms. The molecule has 3 rings (SSSR count). The van der Waals surface area contributed by atoms with E-state index in [2.05, 4.69) is 61.5 Å². The van der Waals surface area contributed by atoms with E-state index in [9.17, 15) is 0 Å². The lowest BCUT2D eigenvalue weighted by Gasteiger charge is -2.21. The van der Waals surface area contributed by atoms with Crippen molar-refractivity contribution < 1.29 is 0 Å². The molecule has 0 spiro atoms. The Morgan fingerprint density at radius 1 is 0.895 bits per heavy atom. The van der Waals surface area contributed by atoms with Crippen LogP contribution >= 0.6 is 0 Å². The first-order valence-corrected chi connectivity index (χ1v) is 7.23. The van der Waals surface area contributed by atoms with Crippen LogP contribution in [0.2, 0.25) is 0 Å². The summed E-state index contributed by atoms with van der Waals surface area (Å²) in [7, 11) is 0. The first-order chi connectivity index (χ1) is 9.40. The summed E-state index contributed by atoms with van der Waals surface area (Å²) in [4.78, 5) is 0. The van der Waals surface area contributed by atoms with Crippen molar-refractivity contribution in [3.05, 3.63) is 65.2 Å². The Kier molecular flexibility index (Phi) is 3.50. The van der Waals surface area contributed by atoms with Gasteiger partial charge < -0.3 is 0 Å². The fourth-order valence-electron chi connectivity index (χ4n) is 3.08. The van der Waals surface area contributed by atoms with Crippen molar-refractivity contribution in [2.75, 3.05) is 0 Å². The van der Waals surface area contributed by atoms with E-state index < -0.39 is 0 Å². The van der Waals surface area contributed by atoms with Crippen molar-refractivity contribution in [1.82, 2.24) is 0 Å². The maximum atomic E-state index is 2.34. The first-order valence-electron chi connectivity index (χ1n) is 7.23. The summed E-state index contributed by atoms with van der Waals surface area (Å²) >= 11 is 0. The molecule has 0 bridgehead atoms. The summed E-state index contributed by atoms with van der Waals surface area (Å²) in [6.07, 6.45) is 9.59. The number of benzene rings is 2. The highest BCUT2D eigenvalue weighted by atomic mass is 14.2. The number of hydrogen-bond donors (Lipinski definition) is 0. The van der Waals surface area contributed by atoms with Gasteiger partial charge in [0.1, 0.15) is 0 Å². The molecule has 2 aromatic carbocycles. The summed E-state index contributed by atoms with van der Waals surface area (Å²) in [6, 6.07) is 15.4. The van der Waals surface area contributed by atoms with E-state index in [1.165, 1.54) is 42.4 Å². The summed E-state index contributed by atoms with van der Waals surface area (Å²) in [5.41, 5.74) is 7.26. The van der Waals surface area contributed by atoms with Gasteiger partial charge in [-0.15, -0.1) is 0 Å². The highest BCUT2D eigenvalue weighted by molar-refractivity contribution is 5.78. The van der Waals surface area contributed by atoms with Gasteiger partial charge in [0.15, 0.2) is 0 Å². The van der Waals surface area contributed by atoms with Gasteiger partial charge in [0, 0.05) is 0 Å². The van der Waals surface area contributed by atoms with Crippen LogP contribution in [-0.2, 0) is 12.8 Å². The molecule has 0 nitrogen and oxygen atoms in total. The molecule has 0 atom stereocenters. The number of fused-ring (bicyclic) bond motifs is 1. The van der Waals surface area contributed by atoms with E-state index in [0.717, 1.165) is 0 Å². The van der Waals surface area contributed by atoms with E-state index in [1.807, 2.05) is 0 Å². The van der Waals surface area contributed by atoms with Crippen LogP contribution < -0.4 is 0 Å². The van der Waals surface area contributed by atoms with Gasteiger partial charge in [-0.25, -0.2) is 0 Å². The third-order valence-electron chi connectivity index (χ3n) is 4.00. The van der Waals surface area contributed by atoms with Gasteiger partial charge in [-0.1, -0.05) is 54.6 Å². The van der Waals surface area contributed by atoms with Crippen molar-refractivity contribution >= 4 is 6.08 Å². The molecule has 0 saturated carbocycles. The second-order valence-electron chi connectivity index (χ2n) is 5.24. The fourth-order valence-corrected chi connectivity index (χ4v) is 3.08. The molecule has 96 valence electrons. The second-order valence-corrected chi connectivity index (χ2v) is 5.24. The van der Waals surface area contributed by atoms with E-state index in [1.54, 1.807) is 11.1 Å². The Morgan fingerprint density at radius 2 is 1.68 bits per heavy atom. The van der Waals surface area contributed by atoms with Crippen molar-refractivity contribution in [3.63, 3.8) is 0 Å². The molecular weight excluding hydrogens is 228 g/mol. The molecule has 0 saturated heterocycles. The number of aryl methyl sites for hydroxylation is 1. The predicted molar refractivity (Wildman–Crippen MR) is 83.2 cm³/mol. The van der Waals surface area contributed by atoms with Gasteiger partial charge in [-0.05, 0) is 60.4 Å². The molecular formula is C19H20. The average Bonchev–Trinajstić information content (AvgIpc) is 2.49. The average molecular weight is 248 g/mol. The summed E-state index contributed by atoms with van der Waals surface area (Å²) in [5, 5.41) is 0. The van der Waals surface area contributed by atoms with Gasteiger partial charge in [-0.3, -0.25) is 0 Å². The fraction of sp³-hybridized carbons (Fsp3) is 0.263. The zero-order chi connectivity index (χ0) is 13.1. The Morgan fingerprint density at radius 3 is 2.47 bits per heavy atom. The predicted octanol–water partition coefficient (Wildman–Crippen LogP) is 5.27. The van der Waals surface area contributed by atoms with Crippen LogP contribution in [0.5, 0.6) is 0 Å². The van der Waals surface area contributed by atoms with Crippen LogP contribution in [0.3, 0.4) is 0 Å². The molecule has 0 N–H and O–H groups in total. The number of allylic oxidation sites excluding steroid dienone is 1. The second kappa shape index (κ2) is 5.44. The largest absolute Gasteiger partial charge is 0.0870 e. The molecule has 0 aliphatic heterocycles. The van der Waals surface area contributed by atoms with E-state index in [0.29, 0.717) is 0 Å². The smallest absolute Gasteiger partial charge is 0.0109 e. The van der Waals surface area contributed by atoms with Gasteiger partial charge in [-0.2, -0.15) is 0 Å². The minimum absolute atomic E-state index is 1.23. The Bertz CT molecular complexity index is 591. The first kappa shape index (κ1) is 12.2. The van der Waals surface area contributed by atoms with Crippen LogP contribution in [0.15, 0.2) is 48.5 Å². The monoisotopic (exact) mass is 248 g/mol. The Balaban J connectivity index is 2.20. The molecule has 2 aromatic rings. The molecule has 0 aromatic heterocycles. The van der Waals surface area contributed by atoms with E-state index in [4.69, 9.17) is 0 Å². The maximum Gasteiger partial charge on any atom is -0.0109 e. The highest BCUT2D eigenvalue weighted by Gasteiger charge is 2.15. The molecule has 0 amide bonds. The van der Waals surface area contributed by atoms with Crippen LogP contribution in [0.25, 0.3) is 17.2 Å².